The van der Waals surface area contributed by atoms with Crippen molar-refractivity contribution in [1.82, 2.24) is 9.97 Å². The molecule has 1 N–H and O–H groups in total. The first-order valence-electron chi connectivity index (χ1n) is 9.81. The third-order valence-electron chi connectivity index (χ3n) is 5.43. The molecule has 0 aliphatic carbocycles. The fourth-order valence-corrected chi connectivity index (χ4v) is 3.81. The molecule has 0 atom stereocenters. The van der Waals surface area contributed by atoms with Crippen LogP contribution in [0, 0.1) is 23.1 Å². The number of ether oxygens (including phenoxy) is 2. The Hall–Kier alpha value is -3.21. The van der Waals surface area contributed by atoms with Crippen molar-refractivity contribution in [2.24, 2.45) is 5.41 Å². The van der Waals surface area contributed by atoms with Crippen molar-refractivity contribution in [3.8, 4) is 11.8 Å². The molecule has 3 heterocycles. The van der Waals surface area contributed by atoms with Crippen LogP contribution in [0.25, 0.3) is 10.9 Å². The molecule has 2 aliphatic heterocycles. The molecular formula is C23H20FN3O3. The van der Waals surface area contributed by atoms with Gasteiger partial charge in [-0.2, -0.15) is 4.98 Å². The monoisotopic (exact) mass is 405 g/mol. The highest BCUT2D eigenvalue weighted by Gasteiger charge is 2.31. The van der Waals surface area contributed by atoms with Crippen LogP contribution >= 0.6 is 0 Å². The molecule has 0 spiro atoms. The molecule has 1 aromatic heterocycles. The van der Waals surface area contributed by atoms with E-state index < -0.39 is 11.5 Å². The summed E-state index contributed by atoms with van der Waals surface area (Å²) in [5.41, 5.74) is 2.31. The Kier molecular flexibility index (Phi) is 4.54. The molecule has 1 fully saturated rings. The van der Waals surface area contributed by atoms with E-state index in [1.165, 1.54) is 6.07 Å². The standard InChI is InChI=1S/C23H20FN3O3/c1-23(13-30-14-23)9-8-15-4-2-7-19-16(15)12-29-11-10-27(19)21-20-17(24)5-3-6-18(20)25-22(28)26-21/h2-7H,10-14H2,1H3,(H,25,26,28). The normalized spacial score (nSPS) is 17.5. The second-order valence-corrected chi connectivity index (χ2v) is 7.84. The molecule has 2 aromatic carbocycles. The summed E-state index contributed by atoms with van der Waals surface area (Å²) in [6.45, 7) is 4.56. The van der Waals surface area contributed by atoms with Gasteiger partial charge < -0.3 is 19.4 Å². The van der Waals surface area contributed by atoms with Crippen LogP contribution in [-0.4, -0.2) is 36.3 Å². The van der Waals surface area contributed by atoms with E-state index in [0.29, 0.717) is 38.5 Å². The van der Waals surface area contributed by atoms with Crippen molar-refractivity contribution in [3.63, 3.8) is 0 Å². The minimum absolute atomic E-state index is 0.137. The highest BCUT2D eigenvalue weighted by atomic mass is 19.1. The number of aromatic amines is 1. The number of halogens is 1. The van der Waals surface area contributed by atoms with Gasteiger partial charge in [-0.15, -0.1) is 0 Å². The molecule has 30 heavy (non-hydrogen) atoms. The van der Waals surface area contributed by atoms with Gasteiger partial charge in [0, 0.05) is 23.4 Å². The predicted molar refractivity (Wildman–Crippen MR) is 111 cm³/mol. The molecule has 0 radical (unpaired) electrons. The van der Waals surface area contributed by atoms with E-state index >= 15 is 0 Å². The zero-order valence-corrected chi connectivity index (χ0v) is 16.5. The summed E-state index contributed by atoms with van der Waals surface area (Å²) in [5.74, 6) is 6.42. The first-order valence-corrected chi connectivity index (χ1v) is 9.81. The highest BCUT2D eigenvalue weighted by molar-refractivity contribution is 5.92. The fraction of sp³-hybridized carbons (Fsp3) is 0.304. The topological polar surface area (TPSA) is 67.5 Å². The summed E-state index contributed by atoms with van der Waals surface area (Å²) in [4.78, 5) is 20.8. The molecule has 0 bridgehead atoms. The number of anilines is 2. The summed E-state index contributed by atoms with van der Waals surface area (Å²) >= 11 is 0. The fourth-order valence-electron chi connectivity index (χ4n) is 3.81. The van der Waals surface area contributed by atoms with E-state index in [4.69, 9.17) is 9.47 Å². The number of H-pyrrole nitrogens is 1. The quantitative estimate of drug-likeness (QED) is 0.630. The van der Waals surface area contributed by atoms with Gasteiger partial charge >= 0.3 is 5.69 Å². The van der Waals surface area contributed by atoms with Gasteiger partial charge in [0.25, 0.3) is 0 Å². The largest absolute Gasteiger partial charge is 0.378 e. The average Bonchev–Trinajstić information content (AvgIpc) is 2.93. The zero-order chi connectivity index (χ0) is 20.7. The van der Waals surface area contributed by atoms with Crippen LogP contribution in [0.5, 0.6) is 0 Å². The number of nitrogens with one attached hydrogen (secondary N) is 1. The van der Waals surface area contributed by atoms with Gasteiger partial charge in [0.15, 0.2) is 5.82 Å². The number of hydrogen-bond acceptors (Lipinski definition) is 5. The van der Waals surface area contributed by atoms with Crippen LogP contribution in [0.1, 0.15) is 18.1 Å². The Bertz CT molecular complexity index is 1250. The Morgan fingerprint density at radius 2 is 2.03 bits per heavy atom. The number of fused-ring (bicyclic) bond motifs is 2. The van der Waals surface area contributed by atoms with Crippen molar-refractivity contribution < 1.29 is 13.9 Å². The third-order valence-corrected chi connectivity index (χ3v) is 5.43. The lowest BCUT2D eigenvalue weighted by molar-refractivity contribution is -0.0648. The van der Waals surface area contributed by atoms with Crippen LogP contribution in [0.4, 0.5) is 15.9 Å². The van der Waals surface area contributed by atoms with Crippen molar-refractivity contribution >= 4 is 22.4 Å². The van der Waals surface area contributed by atoms with Crippen LogP contribution < -0.4 is 10.6 Å². The molecule has 6 nitrogen and oxygen atoms in total. The smallest absolute Gasteiger partial charge is 0.347 e. The predicted octanol–water partition coefficient (Wildman–Crippen LogP) is 3.12. The molecule has 1 saturated heterocycles. The minimum atomic E-state index is -0.524. The number of rotatable bonds is 1. The Morgan fingerprint density at radius 1 is 1.20 bits per heavy atom. The van der Waals surface area contributed by atoms with Gasteiger partial charge in [-0.1, -0.05) is 24.0 Å². The number of aromatic nitrogens is 2. The molecule has 0 saturated carbocycles. The molecule has 152 valence electrons. The summed E-state index contributed by atoms with van der Waals surface area (Å²) in [7, 11) is 0. The summed E-state index contributed by atoms with van der Waals surface area (Å²) < 4.78 is 25.8. The second-order valence-electron chi connectivity index (χ2n) is 7.84. The van der Waals surface area contributed by atoms with Gasteiger partial charge in [-0.3, -0.25) is 0 Å². The summed E-state index contributed by atoms with van der Waals surface area (Å²) in [5, 5.41) is 0.278. The Morgan fingerprint density at radius 3 is 2.83 bits per heavy atom. The maximum atomic E-state index is 14.7. The van der Waals surface area contributed by atoms with E-state index in [1.807, 2.05) is 23.1 Å². The lowest BCUT2D eigenvalue weighted by atomic mass is 9.89. The zero-order valence-electron chi connectivity index (χ0n) is 16.5. The van der Waals surface area contributed by atoms with Crippen LogP contribution in [0.2, 0.25) is 0 Å². The Labute approximate surface area is 172 Å². The van der Waals surface area contributed by atoms with E-state index in [1.54, 1.807) is 12.1 Å². The van der Waals surface area contributed by atoms with E-state index in [0.717, 1.165) is 16.8 Å². The molecule has 7 heteroatoms. The van der Waals surface area contributed by atoms with Gasteiger partial charge in [-0.05, 0) is 31.2 Å². The van der Waals surface area contributed by atoms with Crippen molar-refractivity contribution in [2.45, 2.75) is 13.5 Å². The van der Waals surface area contributed by atoms with Gasteiger partial charge in [0.05, 0.1) is 42.7 Å². The van der Waals surface area contributed by atoms with Crippen LogP contribution in [0.15, 0.2) is 41.2 Å². The van der Waals surface area contributed by atoms with E-state index in [-0.39, 0.29) is 16.6 Å². The Balaban J connectivity index is 1.68. The molecule has 0 amide bonds. The van der Waals surface area contributed by atoms with Crippen molar-refractivity contribution in [2.75, 3.05) is 31.3 Å². The van der Waals surface area contributed by atoms with E-state index in [2.05, 4.69) is 28.7 Å². The lowest BCUT2D eigenvalue weighted by Gasteiger charge is -2.32. The first-order chi connectivity index (χ1) is 14.5. The van der Waals surface area contributed by atoms with Gasteiger partial charge in [0.2, 0.25) is 0 Å². The molecular weight excluding hydrogens is 385 g/mol. The highest BCUT2D eigenvalue weighted by Crippen LogP contribution is 2.35. The number of nitrogens with zero attached hydrogens (tertiary/aromatic N) is 2. The molecule has 0 unspecified atom stereocenters. The van der Waals surface area contributed by atoms with E-state index in [9.17, 15) is 9.18 Å². The maximum Gasteiger partial charge on any atom is 0.347 e. The average molecular weight is 405 g/mol. The van der Waals surface area contributed by atoms with Crippen molar-refractivity contribution in [3.05, 3.63) is 63.8 Å². The number of benzene rings is 2. The van der Waals surface area contributed by atoms with Gasteiger partial charge in [0.1, 0.15) is 5.82 Å². The SMILES string of the molecule is CC1(C#Cc2cccc3c2COCCN3c2nc(=O)[nH]c3cccc(F)c23)COC1. The first kappa shape index (κ1) is 18.8. The van der Waals surface area contributed by atoms with Crippen molar-refractivity contribution in [1.29, 1.82) is 0 Å². The third kappa shape index (κ3) is 3.24. The lowest BCUT2D eigenvalue weighted by Crippen LogP contribution is -2.38. The second kappa shape index (κ2) is 7.24. The summed E-state index contributed by atoms with van der Waals surface area (Å²) in [6, 6.07) is 10.4. The van der Waals surface area contributed by atoms with Gasteiger partial charge in [-0.25, -0.2) is 9.18 Å². The maximum absolute atomic E-state index is 14.7. The molecule has 3 aromatic rings. The molecule has 2 aliphatic rings. The number of hydrogen-bond donors (Lipinski definition) is 1. The van der Waals surface area contributed by atoms with Crippen LogP contribution in [-0.2, 0) is 16.1 Å². The molecule has 5 rings (SSSR count). The minimum Gasteiger partial charge on any atom is -0.378 e. The summed E-state index contributed by atoms with van der Waals surface area (Å²) in [6.07, 6.45) is 0. The van der Waals surface area contributed by atoms with Crippen LogP contribution in [0.3, 0.4) is 0 Å².